The molecule has 1 fully saturated rings. The highest BCUT2D eigenvalue weighted by Crippen LogP contribution is 2.28. The molecule has 1 aliphatic rings. The third-order valence-electron chi connectivity index (χ3n) is 5.56. The maximum absolute atomic E-state index is 13.1. The summed E-state index contributed by atoms with van der Waals surface area (Å²) in [6.45, 7) is -0.924. The molecule has 0 radical (unpaired) electrons. The van der Waals surface area contributed by atoms with Crippen molar-refractivity contribution in [2.45, 2.75) is 56.7 Å². The lowest BCUT2D eigenvalue weighted by Crippen LogP contribution is -2.36. The highest BCUT2D eigenvalue weighted by Gasteiger charge is 2.38. The highest BCUT2D eigenvalue weighted by molar-refractivity contribution is 5.93. The number of aliphatic hydroxyl groups excluding tert-OH is 2. The number of nitrogens with one attached hydrogen (secondary N) is 2. The Bertz CT molecular complexity index is 1160. The normalized spacial score (nSPS) is 19.9. The summed E-state index contributed by atoms with van der Waals surface area (Å²) in [6, 6.07) is 3.02. The van der Waals surface area contributed by atoms with Crippen LogP contribution < -0.4 is 16.2 Å². The number of fused-ring (bicyclic) bond motifs is 1. The lowest BCUT2D eigenvalue weighted by atomic mass is 9.93. The number of hydrogen-bond acceptors (Lipinski definition) is 8. The van der Waals surface area contributed by atoms with E-state index < -0.39 is 24.4 Å². The van der Waals surface area contributed by atoms with Crippen molar-refractivity contribution in [2.75, 3.05) is 10.6 Å². The highest BCUT2D eigenvalue weighted by atomic mass is 19.4. The van der Waals surface area contributed by atoms with E-state index in [0.717, 1.165) is 4.57 Å². The van der Waals surface area contributed by atoms with Gasteiger partial charge in [0.1, 0.15) is 17.5 Å². The Balaban J connectivity index is 1.74. The van der Waals surface area contributed by atoms with Crippen molar-refractivity contribution >= 4 is 28.2 Å². The first-order valence-corrected chi connectivity index (χ1v) is 10.5. The number of anilines is 3. The van der Waals surface area contributed by atoms with E-state index >= 15 is 0 Å². The van der Waals surface area contributed by atoms with Crippen LogP contribution >= 0.6 is 0 Å². The fraction of sp³-hybridized carbons (Fsp3) is 0.429. The first-order chi connectivity index (χ1) is 15.7. The molecule has 1 saturated carbocycles. The van der Waals surface area contributed by atoms with Crippen LogP contribution in [0.5, 0.6) is 0 Å². The molecule has 3 heterocycles. The summed E-state index contributed by atoms with van der Waals surface area (Å²) in [7, 11) is 0. The van der Waals surface area contributed by atoms with E-state index in [9.17, 15) is 28.2 Å². The second kappa shape index (κ2) is 9.32. The average Bonchev–Trinajstić information content (AvgIpc) is 2.77. The van der Waals surface area contributed by atoms with Crippen LogP contribution in [-0.4, -0.2) is 54.2 Å². The standard InChI is InChI=1S/C21H23F3N6O3/c22-21(23,24)15(32)11-30-8-5-12-9-16(28-17-10-25-6-7-26-17)29-19(18(12)20(30)33)27-13-1-3-14(31)4-2-13/h5-10,13-15,31-32H,1-4,11H2,(H2,26,27,28,29). The van der Waals surface area contributed by atoms with Gasteiger partial charge >= 0.3 is 6.18 Å². The van der Waals surface area contributed by atoms with Gasteiger partial charge < -0.3 is 25.4 Å². The van der Waals surface area contributed by atoms with Crippen molar-refractivity contribution in [1.29, 1.82) is 0 Å². The van der Waals surface area contributed by atoms with Crippen LogP contribution in [0.15, 0.2) is 41.7 Å². The van der Waals surface area contributed by atoms with Crippen LogP contribution in [0.25, 0.3) is 10.8 Å². The van der Waals surface area contributed by atoms with Crippen LogP contribution in [-0.2, 0) is 6.54 Å². The lowest BCUT2D eigenvalue weighted by molar-refractivity contribution is -0.207. The minimum atomic E-state index is -4.85. The zero-order valence-corrected chi connectivity index (χ0v) is 17.5. The molecule has 33 heavy (non-hydrogen) atoms. The number of hydrogen-bond donors (Lipinski definition) is 4. The summed E-state index contributed by atoms with van der Waals surface area (Å²) in [6.07, 6.45) is 0.325. The molecule has 1 unspecified atom stereocenters. The van der Waals surface area contributed by atoms with Crippen LogP contribution in [0.2, 0.25) is 0 Å². The molecule has 0 aliphatic heterocycles. The van der Waals surface area contributed by atoms with Gasteiger partial charge in [0.05, 0.1) is 24.2 Å². The van der Waals surface area contributed by atoms with Gasteiger partial charge in [-0.25, -0.2) is 9.97 Å². The average molecular weight is 464 g/mol. The summed E-state index contributed by atoms with van der Waals surface area (Å²) >= 11 is 0. The third kappa shape index (κ3) is 5.40. The molecule has 3 aromatic heterocycles. The summed E-state index contributed by atoms with van der Waals surface area (Å²) < 4.78 is 39.3. The van der Waals surface area contributed by atoms with Crippen LogP contribution in [0, 0.1) is 0 Å². The minimum absolute atomic E-state index is 0.0651. The summed E-state index contributed by atoms with van der Waals surface area (Å²) in [5.41, 5.74) is -0.701. The van der Waals surface area contributed by atoms with E-state index in [1.165, 1.54) is 30.9 Å². The first kappa shape index (κ1) is 22.9. The monoisotopic (exact) mass is 464 g/mol. The van der Waals surface area contributed by atoms with Crippen molar-refractivity contribution in [3.05, 3.63) is 47.3 Å². The SMILES string of the molecule is O=c1c2c(NC3CCC(O)CC3)nc(Nc3cnccn3)cc2ccn1CC(O)C(F)(F)F. The summed E-state index contributed by atoms with van der Waals surface area (Å²) in [5.74, 6) is 1.01. The van der Waals surface area contributed by atoms with Crippen LogP contribution in [0.3, 0.4) is 0 Å². The predicted octanol–water partition coefficient (Wildman–Crippen LogP) is 2.57. The molecular weight excluding hydrogens is 441 g/mol. The van der Waals surface area contributed by atoms with Crippen molar-refractivity contribution < 1.29 is 23.4 Å². The Morgan fingerprint density at radius 2 is 1.94 bits per heavy atom. The van der Waals surface area contributed by atoms with E-state index in [1.807, 2.05) is 0 Å². The largest absolute Gasteiger partial charge is 0.416 e. The van der Waals surface area contributed by atoms with Gasteiger partial charge in [-0.2, -0.15) is 13.2 Å². The molecule has 9 nitrogen and oxygen atoms in total. The Hall–Kier alpha value is -3.25. The maximum Gasteiger partial charge on any atom is 0.416 e. The summed E-state index contributed by atoms with van der Waals surface area (Å²) in [5, 5.41) is 26.0. The van der Waals surface area contributed by atoms with E-state index in [0.29, 0.717) is 42.7 Å². The Kier molecular flexibility index (Phi) is 6.47. The maximum atomic E-state index is 13.1. The second-order valence-corrected chi connectivity index (χ2v) is 8.02. The third-order valence-corrected chi connectivity index (χ3v) is 5.56. The van der Waals surface area contributed by atoms with Gasteiger partial charge in [-0.3, -0.25) is 9.78 Å². The number of halogens is 3. The van der Waals surface area contributed by atoms with Crippen LogP contribution in [0.4, 0.5) is 30.6 Å². The molecule has 4 rings (SSSR count). The molecule has 12 heteroatoms. The number of alkyl halides is 3. The van der Waals surface area contributed by atoms with E-state index in [2.05, 4.69) is 25.6 Å². The molecule has 0 bridgehead atoms. The van der Waals surface area contributed by atoms with E-state index in [-0.39, 0.29) is 23.3 Å². The van der Waals surface area contributed by atoms with Gasteiger partial charge in [-0.1, -0.05) is 0 Å². The second-order valence-electron chi connectivity index (χ2n) is 8.02. The fourth-order valence-electron chi connectivity index (χ4n) is 3.81. The molecule has 0 spiro atoms. The quantitative estimate of drug-likeness (QED) is 0.439. The zero-order chi connectivity index (χ0) is 23.6. The fourth-order valence-corrected chi connectivity index (χ4v) is 3.81. The van der Waals surface area contributed by atoms with Crippen molar-refractivity contribution in [3.8, 4) is 0 Å². The Labute approximate surface area is 186 Å². The molecular formula is C21H23F3N6O3. The number of pyridine rings is 2. The molecule has 0 amide bonds. The van der Waals surface area contributed by atoms with Gasteiger partial charge in [0.2, 0.25) is 0 Å². The van der Waals surface area contributed by atoms with Gasteiger partial charge in [-0.05, 0) is 43.2 Å². The summed E-state index contributed by atoms with van der Waals surface area (Å²) in [4.78, 5) is 25.7. The minimum Gasteiger partial charge on any atom is -0.393 e. The molecule has 4 N–H and O–H groups in total. The van der Waals surface area contributed by atoms with Crippen molar-refractivity contribution in [1.82, 2.24) is 19.5 Å². The van der Waals surface area contributed by atoms with Gasteiger partial charge in [-0.15, -0.1) is 0 Å². The zero-order valence-electron chi connectivity index (χ0n) is 17.5. The van der Waals surface area contributed by atoms with E-state index in [1.54, 1.807) is 6.07 Å². The van der Waals surface area contributed by atoms with Gasteiger partial charge in [0, 0.05) is 24.6 Å². The molecule has 1 atom stereocenters. The van der Waals surface area contributed by atoms with Crippen molar-refractivity contribution in [2.24, 2.45) is 0 Å². The first-order valence-electron chi connectivity index (χ1n) is 10.5. The molecule has 0 aromatic carbocycles. The topological polar surface area (TPSA) is 125 Å². The predicted molar refractivity (Wildman–Crippen MR) is 115 cm³/mol. The number of aromatic nitrogens is 4. The molecule has 3 aromatic rings. The van der Waals surface area contributed by atoms with Gasteiger partial charge in [0.25, 0.3) is 5.56 Å². The molecule has 176 valence electrons. The van der Waals surface area contributed by atoms with Gasteiger partial charge in [0.15, 0.2) is 6.10 Å². The smallest absolute Gasteiger partial charge is 0.393 e. The number of aliphatic hydroxyl groups is 2. The Morgan fingerprint density at radius 3 is 2.61 bits per heavy atom. The van der Waals surface area contributed by atoms with E-state index in [4.69, 9.17) is 0 Å². The Morgan fingerprint density at radius 1 is 1.18 bits per heavy atom. The molecule has 1 aliphatic carbocycles. The van der Waals surface area contributed by atoms with Crippen molar-refractivity contribution in [3.63, 3.8) is 0 Å². The number of nitrogens with zero attached hydrogens (tertiary/aromatic N) is 4. The lowest BCUT2D eigenvalue weighted by Gasteiger charge is -2.27. The molecule has 0 saturated heterocycles. The number of rotatable bonds is 6. The van der Waals surface area contributed by atoms with Crippen LogP contribution in [0.1, 0.15) is 25.7 Å².